The van der Waals surface area contributed by atoms with Crippen molar-refractivity contribution in [3.8, 4) is 11.5 Å². The van der Waals surface area contributed by atoms with Crippen molar-refractivity contribution in [2.24, 2.45) is 0 Å². The zero-order chi connectivity index (χ0) is 16.7. The topological polar surface area (TPSA) is 47.6 Å². The van der Waals surface area contributed by atoms with Gasteiger partial charge in [-0.3, -0.25) is 4.79 Å². The van der Waals surface area contributed by atoms with Gasteiger partial charge in [-0.2, -0.15) is 0 Å². The summed E-state index contributed by atoms with van der Waals surface area (Å²) in [7, 11) is 0. The van der Waals surface area contributed by atoms with Crippen LogP contribution in [0.2, 0.25) is 0 Å². The zero-order valence-electron chi connectivity index (χ0n) is 13.8. The Bertz CT molecular complexity index is 618. The maximum Gasteiger partial charge on any atom is 0.251 e. The molecule has 0 saturated heterocycles. The maximum atomic E-state index is 12.0. The minimum Gasteiger partial charge on any atom is -0.492 e. The highest BCUT2D eigenvalue weighted by atomic mass is 16.5. The van der Waals surface area contributed by atoms with Crippen LogP contribution in [0.5, 0.6) is 11.5 Å². The summed E-state index contributed by atoms with van der Waals surface area (Å²) in [5.74, 6) is 1.45. The molecular weight excluding hydrogens is 290 g/mol. The number of hydrogen-bond donors (Lipinski definition) is 1. The quantitative estimate of drug-likeness (QED) is 0.795. The molecule has 0 aliphatic carbocycles. The second kappa shape index (κ2) is 8.22. The molecule has 0 saturated carbocycles. The van der Waals surface area contributed by atoms with E-state index in [0.29, 0.717) is 18.7 Å². The fourth-order valence-electron chi connectivity index (χ4n) is 2.03. The Balaban J connectivity index is 1.75. The Morgan fingerprint density at radius 2 is 1.61 bits per heavy atom. The highest BCUT2D eigenvalue weighted by Crippen LogP contribution is 2.14. The zero-order valence-corrected chi connectivity index (χ0v) is 13.8. The third-order valence-corrected chi connectivity index (χ3v) is 3.17. The molecule has 0 fully saturated rings. The number of carbonyl (C=O) groups is 1. The second-order valence-electron chi connectivity index (χ2n) is 5.61. The highest BCUT2D eigenvalue weighted by Gasteiger charge is 2.05. The summed E-state index contributed by atoms with van der Waals surface area (Å²) in [6.07, 6.45) is 0.119. The van der Waals surface area contributed by atoms with Crippen LogP contribution in [0.1, 0.15) is 29.8 Å². The fraction of sp³-hybridized carbons (Fsp3) is 0.316. The van der Waals surface area contributed by atoms with E-state index in [4.69, 9.17) is 9.47 Å². The molecule has 122 valence electrons. The Labute approximate surface area is 137 Å². The van der Waals surface area contributed by atoms with Crippen molar-refractivity contribution >= 4 is 5.91 Å². The van der Waals surface area contributed by atoms with Crippen molar-refractivity contribution in [1.82, 2.24) is 5.32 Å². The summed E-state index contributed by atoms with van der Waals surface area (Å²) in [4.78, 5) is 12.0. The summed E-state index contributed by atoms with van der Waals surface area (Å²) in [5.41, 5.74) is 1.80. The molecule has 0 radical (unpaired) electrons. The van der Waals surface area contributed by atoms with Gasteiger partial charge in [0.1, 0.15) is 18.1 Å². The molecule has 23 heavy (non-hydrogen) atoms. The van der Waals surface area contributed by atoms with Crippen molar-refractivity contribution in [1.29, 1.82) is 0 Å². The lowest BCUT2D eigenvalue weighted by Crippen LogP contribution is -2.28. The predicted molar refractivity (Wildman–Crippen MR) is 91.2 cm³/mol. The summed E-state index contributed by atoms with van der Waals surface area (Å²) >= 11 is 0. The van der Waals surface area contributed by atoms with Gasteiger partial charge in [0.05, 0.1) is 12.6 Å². The summed E-state index contributed by atoms with van der Waals surface area (Å²) in [6, 6.07) is 15.0. The average Bonchev–Trinajstić information content (AvgIpc) is 2.53. The van der Waals surface area contributed by atoms with Gasteiger partial charge in [-0.1, -0.05) is 17.7 Å². The molecule has 0 aliphatic rings. The van der Waals surface area contributed by atoms with Crippen LogP contribution in [-0.4, -0.2) is 25.2 Å². The molecule has 0 aliphatic heterocycles. The van der Waals surface area contributed by atoms with Crippen LogP contribution in [0.3, 0.4) is 0 Å². The van der Waals surface area contributed by atoms with Crippen molar-refractivity contribution in [2.45, 2.75) is 26.9 Å². The molecule has 0 spiro atoms. The lowest BCUT2D eigenvalue weighted by Gasteiger charge is -2.10. The number of carbonyl (C=O) groups excluding carboxylic acids is 1. The van der Waals surface area contributed by atoms with E-state index in [1.165, 1.54) is 5.56 Å². The molecular formula is C19H23NO3. The molecule has 1 N–H and O–H groups in total. The largest absolute Gasteiger partial charge is 0.492 e. The molecule has 2 rings (SSSR count). The third-order valence-electron chi connectivity index (χ3n) is 3.17. The van der Waals surface area contributed by atoms with Crippen molar-refractivity contribution in [2.75, 3.05) is 13.2 Å². The molecule has 0 heterocycles. The molecule has 0 atom stereocenters. The molecule has 0 aromatic heterocycles. The Kier molecular flexibility index (Phi) is 6.03. The molecule has 0 unspecified atom stereocenters. The molecule has 4 heteroatoms. The number of amides is 1. The van der Waals surface area contributed by atoms with Gasteiger partial charge < -0.3 is 14.8 Å². The smallest absolute Gasteiger partial charge is 0.251 e. The molecule has 2 aromatic rings. The number of nitrogens with one attached hydrogen (secondary N) is 1. The number of benzene rings is 2. The van der Waals surface area contributed by atoms with Crippen LogP contribution in [0.4, 0.5) is 0 Å². The summed E-state index contributed by atoms with van der Waals surface area (Å²) < 4.78 is 11.1. The van der Waals surface area contributed by atoms with E-state index in [0.717, 1.165) is 11.5 Å². The van der Waals surface area contributed by atoms with Crippen LogP contribution in [0.25, 0.3) is 0 Å². The molecule has 1 amide bonds. The average molecular weight is 313 g/mol. The molecule has 0 bridgehead atoms. The fourth-order valence-corrected chi connectivity index (χ4v) is 2.03. The lowest BCUT2D eigenvalue weighted by atomic mass is 10.2. The first-order chi connectivity index (χ1) is 11.0. The number of aryl methyl sites for hydroxylation is 1. The lowest BCUT2D eigenvalue weighted by molar-refractivity contribution is 0.0947. The highest BCUT2D eigenvalue weighted by molar-refractivity contribution is 5.94. The van der Waals surface area contributed by atoms with Gasteiger partial charge in [-0.25, -0.2) is 0 Å². The first kappa shape index (κ1) is 16.9. The van der Waals surface area contributed by atoms with E-state index >= 15 is 0 Å². The molecule has 2 aromatic carbocycles. The van der Waals surface area contributed by atoms with Crippen LogP contribution >= 0.6 is 0 Å². The maximum absolute atomic E-state index is 12.0. The Morgan fingerprint density at radius 1 is 1.00 bits per heavy atom. The Morgan fingerprint density at radius 3 is 2.22 bits per heavy atom. The Hall–Kier alpha value is -2.49. The van der Waals surface area contributed by atoms with Gasteiger partial charge in [0.15, 0.2) is 0 Å². The molecule has 4 nitrogen and oxygen atoms in total. The summed E-state index contributed by atoms with van der Waals surface area (Å²) in [5, 5.41) is 2.84. The van der Waals surface area contributed by atoms with E-state index in [1.54, 1.807) is 24.3 Å². The third kappa shape index (κ3) is 5.66. The first-order valence-electron chi connectivity index (χ1n) is 7.79. The minimum atomic E-state index is -0.117. The van der Waals surface area contributed by atoms with Crippen molar-refractivity contribution < 1.29 is 14.3 Å². The van der Waals surface area contributed by atoms with Crippen LogP contribution in [-0.2, 0) is 0 Å². The van der Waals surface area contributed by atoms with E-state index in [-0.39, 0.29) is 12.0 Å². The van der Waals surface area contributed by atoms with Crippen LogP contribution in [0, 0.1) is 6.92 Å². The van der Waals surface area contributed by atoms with Gasteiger partial charge in [-0.15, -0.1) is 0 Å². The van der Waals surface area contributed by atoms with Gasteiger partial charge in [0, 0.05) is 5.56 Å². The van der Waals surface area contributed by atoms with Gasteiger partial charge >= 0.3 is 0 Å². The summed E-state index contributed by atoms with van der Waals surface area (Å²) in [6.45, 7) is 6.85. The van der Waals surface area contributed by atoms with Gasteiger partial charge in [0.2, 0.25) is 0 Å². The van der Waals surface area contributed by atoms with E-state index in [2.05, 4.69) is 5.32 Å². The van der Waals surface area contributed by atoms with E-state index < -0.39 is 0 Å². The van der Waals surface area contributed by atoms with Crippen molar-refractivity contribution in [3.05, 3.63) is 59.7 Å². The van der Waals surface area contributed by atoms with E-state index in [9.17, 15) is 4.79 Å². The standard InChI is InChI=1S/C19H23NO3/c1-14(2)23-18-10-6-16(7-11-18)19(21)20-12-13-22-17-8-4-15(3)5-9-17/h4-11,14H,12-13H2,1-3H3,(H,20,21). The SMILES string of the molecule is Cc1ccc(OCCNC(=O)c2ccc(OC(C)C)cc2)cc1. The number of rotatable bonds is 7. The van der Waals surface area contributed by atoms with Gasteiger partial charge in [0.25, 0.3) is 5.91 Å². The number of ether oxygens (including phenoxy) is 2. The van der Waals surface area contributed by atoms with Crippen LogP contribution < -0.4 is 14.8 Å². The van der Waals surface area contributed by atoms with E-state index in [1.807, 2.05) is 45.0 Å². The number of hydrogen-bond acceptors (Lipinski definition) is 3. The predicted octanol–water partition coefficient (Wildman–Crippen LogP) is 3.59. The van der Waals surface area contributed by atoms with Crippen LogP contribution in [0.15, 0.2) is 48.5 Å². The first-order valence-corrected chi connectivity index (χ1v) is 7.79. The monoisotopic (exact) mass is 313 g/mol. The van der Waals surface area contributed by atoms with Gasteiger partial charge in [-0.05, 0) is 57.2 Å². The second-order valence-corrected chi connectivity index (χ2v) is 5.61. The minimum absolute atomic E-state index is 0.117. The normalized spacial score (nSPS) is 10.4. The van der Waals surface area contributed by atoms with Crippen molar-refractivity contribution in [3.63, 3.8) is 0 Å².